The number of hydrogen-bond donors (Lipinski definition) is 1. The Morgan fingerprint density at radius 1 is 1.33 bits per heavy atom. The number of nitrogens with one attached hydrogen (secondary N) is 1. The molecule has 0 bridgehead atoms. The Morgan fingerprint density at radius 2 is 2.08 bits per heavy atom. The van der Waals surface area contributed by atoms with Gasteiger partial charge in [0.15, 0.2) is 0 Å². The maximum atomic E-state index is 13.9. The summed E-state index contributed by atoms with van der Waals surface area (Å²) in [5, 5.41) is 3.86. The molecule has 2 aliphatic rings. The third-order valence-electron chi connectivity index (χ3n) is 5.10. The fraction of sp³-hybridized carbons (Fsp3) is 0.611. The van der Waals surface area contributed by atoms with Gasteiger partial charge in [-0.05, 0) is 38.4 Å². The molecule has 1 N–H and O–H groups in total. The number of carbonyl (C=O) groups excluding carboxylic acids is 1. The van der Waals surface area contributed by atoms with E-state index in [0.717, 1.165) is 32.5 Å². The van der Waals surface area contributed by atoms with Crippen LogP contribution in [0, 0.1) is 11.7 Å². The van der Waals surface area contributed by atoms with Crippen LogP contribution in [0.2, 0.25) is 5.02 Å². The number of piperazine rings is 1. The predicted octanol–water partition coefficient (Wildman–Crippen LogP) is 2.51. The topological polar surface area (TPSA) is 35.6 Å². The maximum absolute atomic E-state index is 13.9. The van der Waals surface area contributed by atoms with Crippen molar-refractivity contribution in [3.63, 3.8) is 0 Å². The molecule has 2 heterocycles. The second-order valence-electron chi connectivity index (χ2n) is 6.88. The molecule has 2 saturated heterocycles. The molecule has 0 spiro atoms. The molecule has 0 aromatic heterocycles. The molecule has 0 saturated carbocycles. The van der Waals surface area contributed by atoms with Crippen molar-refractivity contribution >= 4 is 17.5 Å². The highest BCUT2D eigenvalue weighted by atomic mass is 35.5. The Morgan fingerprint density at radius 3 is 2.75 bits per heavy atom. The zero-order chi connectivity index (χ0) is 17.1. The molecular formula is C18H25ClFN3O. The van der Waals surface area contributed by atoms with Crippen molar-refractivity contribution in [2.75, 3.05) is 32.7 Å². The number of rotatable bonds is 3. The van der Waals surface area contributed by atoms with E-state index in [4.69, 9.17) is 11.6 Å². The first kappa shape index (κ1) is 17.6. The normalized spacial score (nSPS) is 25.7. The van der Waals surface area contributed by atoms with E-state index >= 15 is 0 Å². The number of hydrogen-bond acceptors (Lipinski definition) is 3. The Labute approximate surface area is 147 Å². The smallest absolute Gasteiger partial charge is 0.225 e. The second-order valence-corrected chi connectivity index (χ2v) is 7.29. The van der Waals surface area contributed by atoms with Crippen molar-refractivity contribution in [2.45, 2.75) is 32.4 Å². The number of piperidine rings is 1. The Hall–Kier alpha value is -1.17. The lowest BCUT2D eigenvalue weighted by atomic mass is 9.92. The zero-order valence-corrected chi connectivity index (χ0v) is 14.9. The Balaban J connectivity index is 1.53. The van der Waals surface area contributed by atoms with Gasteiger partial charge in [0.05, 0.1) is 0 Å². The molecule has 1 aromatic carbocycles. The summed E-state index contributed by atoms with van der Waals surface area (Å²) in [5.74, 6) is 0.172. The van der Waals surface area contributed by atoms with Gasteiger partial charge in [0.1, 0.15) is 5.82 Å². The van der Waals surface area contributed by atoms with Crippen molar-refractivity contribution in [1.29, 1.82) is 0 Å². The second kappa shape index (κ2) is 7.81. The highest BCUT2D eigenvalue weighted by Gasteiger charge is 2.30. The minimum absolute atomic E-state index is 0.147. The fourth-order valence-electron chi connectivity index (χ4n) is 3.65. The van der Waals surface area contributed by atoms with Crippen LogP contribution >= 0.6 is 11.6 Å². The standard InChI is InChI=1S/C18H25ClFN3O/c1-13-11-14(5-6-21-13)18(24)23-9-7-22(8-10-23)12-15-16(19)3-2-4-17(15)20/h2-4,13-14,21H,5-12H2,1H3/t13-,14-/m0/s1. The van der Waals surface area contributed by atoms with Gasteiger partial charge in [-0.2, -0.15) is 0 Å². The lowest BCUT2D eigenvalue weighted by Crippen LogP contribution is -2.51. The molecule has 2 aliphatic heterocycles. The van der Waals surface area contributed by atoms with Crippen molar-refractivity contribution in [3.8, 4) is 0 Å². The molecule has 1 amide bonds. The van der Waals surface area contributed by atoms with Crippen LogP contribution in [-0.2, 0) is 11.3 Å². The number of nitrogens with zero attached hydrogens (tertiary/aromatic N) is 2. The zero-order valence-electron chi connectivity index (χ0n) is 14.1. The summed E-state index contributed by atoms with van der Waals surface area (Å²) in [6, 6.07) is 5.20. The highest BCUT2D eigenvalue weighted by molar-refractivity contribution is 6.31. The minimum Gasteiger partial charge on any atom is -0.340 e. The quantitative estimate of drug-likeness (QED) is 0.907. The SMILES string of the molecule is C[C@H]1C[C@@H](C(=O)N2CCN(Cc3c(F)cccc3Cl)CC2)CCN1. The first-order valence-electron chi connectivity index (χ1n) is 8.72. The van der Waals surface area contributed by atoms with Crippen LogP contribution in [0.3, 0.4) is 0 Å². The summed E-state index contributed by atoms with van der Waals surface area (Å²) in [5.41, 5.74) is 0.547. The van der Waals surface area contributed by atoms with E-state index < -0.39 is 0 Å². The first-order chi connectivity index (χ1) is 11.5. The number of carbonyl (C=O) groups is 1. The monoisotopic (exact) mass is 353 g/mol. The number of halogens is 2. The summed E-state index contributed by atoms with van der Waals surface area (Å²) < 4.78 is 13.9. The van der Waals surface area contributed by atoms with Crippen LogP contribution in [0.5, 0.6) is 0 Å². The minimum atomic E-state index is -0.260. The summed E-state index contributed by atoms with van der Waals surface area (Å²) in [4.78, 5) is 16.8. The highest BCUT2D eigenvalue weighted by Crippen LogP contribution is 2.23. The molecule has 6 heteroatoms. The third-order valence-corrected chi connectivity index (χ3v) is 5.45. The molecule has 0 aliphatic carbocycles. The predicted molar refractivity (Wildman–Crippen MR) is 93.5 cm³/mol. The molecule has 0 radical (unpaired) electrons. The molecule has 4 nitrogen and oxygen atoms in total. The van der Waals surface area contributed by atoms with Crippen molar-refractivity contribution in [3.05, 3.63) is 34.6 Å². The molecule has 24 heavy (non-hydrogen) atoms. The van der Waals surface area contributed by atoms with Crippen molar-refractivity contribution in [1.82, 2.24) is 15.1 Å². The van der Waals surface area contributed by atoms with Gasteiger partial charge in [-0.15, -0.1) is 0 Å². The van der Waals surface area contributed by atoms with E-state index in [1.54, 1.807) is 12.1 Å². The summed E-state index contributed by atoms with van der Waals surface area (Å²) >= 11 is 6.11. The lowest BCUT2D eigenvalue weighted by molar-refractivity contribution is -0.138. The van der Waals surface area contributed by atoms with Crippen LogP contribution < -0.4 is 5.32 Å². The van der Waals surface area contributed by atoms with Crippen LogP contribution in [0.15, 0.2) is 18.2 Å². The van der Waals surface area contributed by atoms with Gasteiger partial charge < -0.3 is 10.2 Å². The first-order valence-corrected chi connectivity index (χ1v) is 9.10. The van der Waals surface area contributed by atoms with Crippen LogP contribution in [0.1, 0.15) is 25.3 Å². The number of benzene rings is 1. The van der Waals surface area contributed by atoms with E-state index in [1.807, 2.05) is 4.90 Å². The number of amides is 1. The van der Waals surface area contributed by atoms with Gasteiger partial charge >= 0.3 is 0 Å². The third kappa shape index (κ3) is 4.08. The fourth-order valence-corrected chi connectivity index (χ4v) is 3.87. The van der Waals surface area contributed by atoms with E-state index in [0.29, 0.717) is 36.3 Å². The maximum Gasteiger partial charge on any atom is 0.225 e. The molecule has 132 valence electrons. The Kier molecular flexibility index (Phi) is 5.74. The molecule has 2 fully saturated rings. The molecular weight excluding hydrogens is 329 g/mol. The van der Waals surface area contributed by atoms with Gasteiger partial charge in [0.2, 0.25) is 5.91 Å². The van der Waals surface area contributed by atoms with Crippen molar-refractivity contribution in [2.24, 2.45) is 5.92 Å². The average molecular weight is 354 g/mol. The lowest BCUT2D eigenvalue weighted by Gasteiger charge is -2.38. The van der Waals surface area contributed by atoms with Crippen molar-refractivity contribution < 1.29 is 9.18 Å². The Bertz CT molecular complexity index is 569. The van der Waals surface area contributed by atoms with Gasteiger partial charge in [-0.25, -0.2) is 4.39 Å². The van der Waals surface area contributed by atoms with Gasteiger partial charge in [-0.3, -0.25) is 9.69 Å². The molecule has 2 atom stereocenters. The largest absolute Gasteiger partial charge is 0.340 e. The van der Waals surface area contributed by atoms with E-state index in [1.165, 1.54) is 6.07 Å². The van der Waals surface area contributed by atoms with Gasteiger partial charge in [-0.1, -0.05) is 17.7 Å². The van der Waals surface area contributed by atoms with Crippen LogP contribution in [-0.4, -0.2) is 54.5 Å². The summed E-state index contributed by atoms with van der Waals surface area (Å²) in [7, 11) is 0. The van der Waals surface area contributed by atoms with Gasteiger partial charge in [0, 0.05) is 55.3 Å². The summed E-state index contributed by atoms with van der Waals surface area (Å²) in [6.45, 7) is 6.50. The van der Waals surface area contributed by atoms with Crippen LogP contribution in [0.25, 0.3) is 0 Å². The summed E-state index contributed by atoms with van der Waals surface area (Å²) in [6.07, 6.45) is 1.85. The van der Waals surface area contributed by atoms with E-state index in [2.05, 4.69) is 17.1 Å². The van der Waals surface area contributed by atoms with E-state index in [9.17, 15) is 9.18 Å². The molecule has 0 unspecified atom stereocenters. The van der Waals surface area contributed by atoms with E-state index in [-0.39, 0.29) is 17.6 Å². The molecule has 3 rings (SSSR count). The van der Waals surface area contributed by atoms with Crippen LogP contribution in [0.4, 0.5) is 4.39 Å². The average Bonchev–Trinajstić information content (AvgIpc) is 2.58. The van der Waals surface area contributed by atoms with Gasteiger partial charge in [0.25, 0.3) is 0 Å². The molecule has 1 aromatic rings.